The fourth-order valence-electron chi connectivity index (χ4n) is 3.20. The molecule has 2 heterocycles. The maximum atomic E-state index is 12.6. The number of anilines is 1. The van der Waals surface area contributed by atoms with Crippen LogP contribution in [0.2, 0.25) is 0 Å². The van der Waals surface area contributed by atoms with Gasteiger partial charge in [-0.15, -0.1) is 0 Å². The lowest BCUT2D eigenvalue weighted by Crippen LogP contribution is -2.43. The Balaban J connectivity index is 1.87. The van der Waals surface area contributed by atoms with Crippen molar-refractivity contribution in [1.82, 2.24) is 25.6 Å². The molecule has 0 spiro atoms. The minimum atomic E-state index is -2.53. The lowest BCUT2D eigenvalue weighted by atomic mass is 10.1. The number of hydrogen-bond acceptors (Lipinski definition) is 7. The fourth-order valence-corrected chi connectivity index (χ4v) is 3.48. The van der Waals surface area contributed by atoms with Gasteiger partial charge in [-0.25, -0.2) is 9.67 Å². The highest BCUT2D eigenvalue weighted by molar-refractivity contribution is 7.79. The van der Waals surface area contributed by atoms with Gasteiger partial charge >= 0.3 is 0 Å². The Morgan fingerprint density at radius 1 is 1.30 bits per heavy atom. The summed E-state index contributed by atoms with van der Waals surface area (Å²) in [5.74, 6) is -2.14. The maximum Gasteiger partial charge on any atom is 0.273 e. The Bertz CT molecular complexity index is 877. The topological polar surface area (TPSA) is 141 Å². The van der Waals surface area contributed by atoms with E-state index in [1.165, 1.54) is 6.20 Å². The van der Waals surface area contributed by atoms with Crippen LogP contribution in [0, 0.1) is 0 Å². The molecule has 27 heavy (non-hydrogen) atoms. The van der Waals surface area contributed by atoms with Gasteiger partial charge in [0.05, 0.1) is 28.6 Å². The number of carbonyl (C=O) groups excluding carboxylic acids is 2. The molecular formula is C16H21N6O4S-. The number of nitrogens with zero attached hydrogens (tertiary/aromatic N) is 3. The minimum absolute atomic E-state index is 0.254. The first-order valence-electron chi connectivity index (χ1n) is 8.75. The van der Waals surface area contributed by atoms with Crippen LogP contribution >= 0.6 is 0 Å². The summed E-state index contributed by atoms with van der Waals surface area (Å²) < 4.78 is 22.8. The third kappa shape index (κ3) is 4.42. The number of hydrogen-bond donors (Lipinski definition) is 3. The van der Waals surface area contributed by atoms with Gasteiger partial charge in [0.2, 0.25) is 5.91 Å². The first-order valence-corrected chi connectivity index (χ1v) is 10.00. The van der Waals surface area contributed by atoms with Gasteiger partial charge in [0.1, 0.15) is 0 Å². The number of hydrazine groups is 1. The second-order valence-corrected chi connectivity index (χ2v) is 7.22. The number of rotatable bonds is 6. The van der Waals surface area contributed by atoms with Crippen molar-refractivity contribution in [2.45, 2.75) is 45.2 Å². The quantitative estimate of drug-likeness (QED) is 0.478. The lowest BCUT2D eigenvalue weighted by molar-refractivity contribution is -0.119. The average Bonchev–Trinajstić information content (AvgIpc) is 3.28. The van der Waals surface area contributed by atoms with Gasteiger partial charge in [-0.1, -0.05) is 12.8 Å². The predicted octanol–water partition coefficient (Wildman–Crippen LogP) is 0.446. The number of aromatic nitrogens is 3. The molecule has 11 heteroatoms. The molecule has 2 amide bonds. The van der Waals surface area contributed by atoms with Gasteiger partial charge in [-0.3, -0.25) is 24.6 Å². The van der Waals surface area contributed by atoms with Gasteiger partial charge in [-0.2, -0.15) is 5.10 Å². The highest BCUT2D eigenvalue weighted by Crippen LogP contribution is 2.30. The largest absolute Gasteiger partial charge is 0.772 e. The summed E-state index contributed by atoms with van der Waals surface area (Å²) in [5.41, 5.74) is 5.87. The molecule has 2 aromatic heterocycles. The lowest BCUT2D eigenvalue weighted by Gasteiger charge is -2.18. The minimum Gasteiger partial charge on any atom is -0.772 e. The van der Waals surface area contributed by atoms with Crippen LogP contribution in [-0.2, 0) is 22.4 Å². The number of carbonyl (C=O) groups is 2. The molecule has 2 aromatic rings. The number of nitrogens with one attached hydrogen (secondary N) is 3. The second kappa shape index (κ2) is 8.44. The summed E-state index contributed by atoms with van der Waals surface area (Å²) in [6, 6.07) is 0.254. The van der Waals surface area contributed by atoms with E-state index in [0.717, 1.165) is 31.1 Å². The zero-order chi connectivity index (χ0) is 19.4. The normalized spacial score (nSPS) is 15.6. The zero-order valence-corrected chi connectivity index (χ0v) is 15.7. The summed E-state index contributed by atoms with van der Waals surface area (Å²) in [7, 11) is 0. The molecule has 3 N–H and O–H groups in total. The van der Waals surface area contributed by atoms with E-state index in [9.17, 15) is 18.4 Å². The molecule has 1 atom stereocenters. The van der Waals surface area contributed by atoms with Crippen molar-refractivity contribution in [3.63, 3.8) is 0 Å². The van der Waals surface area contributed by atoms with Crippen molar-refractivity contribution in [3.8, 4) is 0 Å². The molecule has 0 bridgehead atoms. The van der Waals surface area contributed by atoms with Crippen LogP contribution < -0.4 is 16.2 Å². The number of aryl methyl sites for hydroxylation is 1. The molecule has 1 saturated carbocycles. The molecule has 0 radical (unpaired) electrons. The molecule has 0 aromatic carbocycles. The van der Waals surface area contributed by atoms with Crippen LogP contribution in [0.15, 0.2) is 12.4 Å². The molecular weight excluding hydrogens is 372 g/mol. The van der Waals surface area contributed by atoms with Crippen LogP contribution in [0.3, 0.4) is 0 Å². The predicted molar refractivity (Wildman–Crippen MR) is 98.5 cm³/mol. The van der Waals surface area contributed by atoms with Crippen molar-refractivity contribution in [3.05, 3.63) is 18.0 Å². The van der Waals surface area contributed by atoms with E-state index < -0.39 is 28.6 Å². The summed E-state index contributed by atoms with van der Waals surface area (Å²) in [4.78, 5) is 28.3. The van der Waals surface area contributed by atoms with Crippen LogP contribution in [-0.4, -0.2) is 47.1 Å². The highest BCUT2D eigenvalue weighted by atomic mass is 32.2. The van der Waals surface area contributed by atoms with E-state index in [0.29, 0.717) is 17.9 Å². The van der Waals surface area contributed by atoms with Crippen molar-refractivity contribution >= 4 is 39.6 Å². The van der Waals surface area contributed by atoms with Gasteiger partial charge in [0.15, 0.2) is 5.65 Å². The van der Waals surface area contributed by atoms with Crippen molar-refractivity contribution < 1.29 is 18.4 Å². The van der Waals surface area contributed by atoms with Gasteiger partial charge in [-0.05, 0) is 30.8 Å². The van der Waals surface area contributed by atoms with Crippen LogP contribution in [0.4, 0.5) is 5.69 Å². The summed E-state index contributed by atoms with van der Waals surface area (Å²) in [6.45, 7) is 2.60. The van der Waals surface area contributed by atoms with Gasteiger partial charge < -0.3 is 9.87 Å². The van der Waals surface area contributed by atoms with Crippen LogP contribution in [0.5, 0.6) is 0 Å². The average molecular weight is 393 g/mol. The highest BCUT2D eigenvalue weighted by Gasteiger charge is 2.22. The van der Waals surface area contributed by atoms with E-state index >= 15 is 0 Å². The monoisotopic (exact) mass is 393 g/mol. The molecule has 1 unspecified atom stereocenters. The molecule has 1 aliphatic rings. The summed E-state index contributed by atoms with van der Waals surface area (Å²) in [5, 5.41) is 8.45. The number of fused-ring (bicyclic) bond motifs is 1. The summed E-state index contributed by atoms with van der Waals surface area (Å²) >= 11 is -2.53. The van der Waals surface area contributed by atoms with Gasteiger partial charge in [0.25, 0.3) is 5.91 Å². The van der Waals surface area contributed by atoms with E-state index in [2.05, 4.69) is 26.3 Å². The molecule has 1 fully saturated rings. The van der Waals surface area contributed by atoms with Crippen molar-refractivity contribution in [2.24, 2.45) is 0 Å². The standard InChI is InChI=1S/C16H22N6O4S/c1-2-22-15-11(8-18-22)14(19-10-5-3-4-6-10)12(7-17-15)16(24)21-20-13(23)9-27(25)26/h7-8,10H,2-6,9H2,1H3,(H,17,19)(H,20,23)(H,21,24)(H,25,26)/p-1. The van der Waals surface area contributed by atoms with Crippen LogP contribution in [0.1, 0.15) is 43.0 Å². The van der Waals surface area contributed by atoms with Crippen LogP contribution in [0.25, 0.3) is 11.0 Å². The van der Waals surface area contributed by atoms with E-state index in [1.807, 2.05) is 6.92 Å². The number of pyridine rings is 1. The van der Waals surface area contributed by atoms with Crippen molar-refractivity contribution in [2.75, 3.05) is 11.1 Å². The Morgan fingerprint density at radius 2 is 2.04 bits per heavy atom. The zero-order valence-electron chi connectivity index (χ0n) is 14.9. The molecule has 10 nitrogen and oxygen atoms in total. The SMILES string of the molecule is CCn1ncc2c(NC3CCCC3)c(C(=O)NNC(=O)CS(=O)[O-])cnc21. The van der Waals surface area contributed by atoms with Crippen molar-refractivity contribution in [1.29, 1.82) is 0 Å². The Labute approximate surface area is 158 Å². The molecule has 3 rings (SSSR count). The maximum absolute atomic E-state index is 12.6. The number of amides is 2. The fraction of sp³-hybridized carbons (Fsp3) is 0.500. The molecule has 0 aliphatic heterocycles. The Kier molecular flexibility index (Phi) is 6.01. The first-order chi connectivity index (χ1) is 13.0. The van der Waals surface area contributed by atoms with E-state index in [-0.39, 0.29) is 11.6 Å². The Hall–Kier alpha value is -2.53. The van der Waals surface area contributed by atoms with E-state index in [4.69, 9.17) is 0 Å². The van der Waals surface area contributed by atoms with Gasteiger partial charge in [0, 0.05) is 18.8 Å². The third-order valence-electron chi connectivity index (χ3n) is 4.48. The Morgan fingerprint density at radius 3 is 2.70 bits per heavy atom. The molecule has 146 valence electrons. The third-order valence-corrected chi connectivity index (χ3v) is 4.98. The van der Waals surface area contributed by atoms with E-state index in [1.54, 1.807) is 10.9 Å². The first kappa shape index (κ1) is 19.2. The molecule has 1 aliphatic carbocycles. The second-order valence-electron chi connectivity index (χ2n) is 6.32. The molecule has 0 saturated heterocycles. The smallest absolute Gasteiger partial charge is 0.273 e. The summed E-state index contributed by atoms with van der Waals surface area (Å²) in [6.07, 6.45) is 7.38.